The van der Waals surface area contributed by atoms with Crippen LogP contribution in [-0.4, -0.2) is 54.3 Å². The van der Waals surface area contributed by atoms with Crippen molar-refractivity contribution in [2.45, 2.75) is 58.4 Å². The fourth-order valence-corrected chi connectivity index (χ4v) is 7.90. The molecule has 254 valence electrons. The van der Waals surface area contributed by atoms with Gasteiger partial charge in [0, 0.05) is 29.4 Å². The summed E-state index contributed by atoms with van der Waals surface area (Å²) >= 11 is 1.61. The summed E-state index contributed by atoms with van der Waals surface area (Å²) in [5, 5.41) is 15.2. The lowest BCUT2D eigenvalue weighted by atomic mass is 10.0. The lowest BCUT2D eigenvalue weighted by Crippen LogP contribution is -2.54. The number of thiophene rings is 1. The highest BCUT2D eigenvalue weighted by Crippen LogP contribution is 2.39. The third kappa shape index (κ3) is 5.88. The van der Waals surface area contributed by atoms with Crippen molar-refractivity contribution in [1.82, 2.24) is 30.0 Å². The number of benzene rings is 2. The zero-order valence-corrected chi connectivity index (χ0v) is 28.5. The maximum Gasteiger partial charge on any atom is 0.264 e. The molecule has 8 rings (SSSR count). The molecule has 1 saturated heterocycles. The van der Waals surface area contributed by atoms with Crippen LogP contribution in [-0.2, 0) is 33.9 Å². The second-order valence-corrected chi connectivity index (χ2v) is 13.6. The quantitative estimate of drug-likeness (QED) is 0.192. The Bertz CT molecular complexity index is 2300. The molecule has 0 aliphatic carbocycles. The molecule has 4 amide bonds. The number of carbonyl (C=O) groups excluding carboxylic acids is 4. The zero-order valence-electron chi connectivity index (χ0n) is 27.7. The van der Waals surface area contributed by atoms with Crippen molar-refractivity contribution >= 4 is 40.7 Å². The van der Waals surface area contributed by atoms with Gasteiger partial charge in [0.15, 0.2) is 5.82 Å². The van der Waals surface area contributed by atoms with Crippen LogP contribution in [0.2, 0.25) is 0 Å². The molecule has 3 aliphatic rings. The van der Waals surface area contributed by atoms with Gasteiger partial charge in [-0.05, 0) is 62.1 Å². The third-order valence-corrected chi connectivity index (χ3v) is 10.5. The normalized spacial score (nSPS) is 18.0. The number of nitrogens with one attached hydrogen (secondary N) is 2. The summed E-state index contributed by atoms with van der Waals surface area (Å²) < 4.78 is 8.30. The number of aryl methyl sites for hydroxylation is 1. The summed E-state index contributed by atoms with van der Waals surface area (Å²) in [5.41, 5.74) is 5.69. The Morgan fingerprint density at radius 3 is 2.63 bits per heavy atom. The Hall–Kier alpha value is -5.97. The molecule has 0 radical (unpaired) electrons. The van der Waals surface area contributed by atoms with E-state index in [9.17, 15) is 19.2 Å². The predicted molar refractivity (Wildman–Crippen MR) is 187 cm³/mol. The number of piperidine rings is 1. The van der Waals surface area contributed by atoms with Crippen molar-refractivity contribution in [3.8, 4) is 16.8 Å². The molecule has 51 heavy (non-hydrogen) atoms. The number of hydrogen-bond acceptors (Lipinski definition) is 10. The number of nitrogens with zero attached hydrogens (tertiary/aromatic N) is 5. The molecular weight excluding hydrogens is 667 g/mol. The number of aromatic nitrogens is 4. The maximum absolute atomic E-state index is 13.4. The number of hydrogen-bond donors (Lipinski definition) is 2. The first kappa shape index (κ1) is 32.2. The first-order chi connectivity index (χ1) is 24.8. The van der Waals surface area contributed by atoms with Gasteiger partial charge in [-0.1, -0.05) is 48.2 Å². The van der Waals surface area contributed by atoms with Crippen molar-refractivity contribution < 1.29 is 23.9 Å². The number of fused-ring (bicyclic) bond motifs is 4. The van der Waals surface area contributed by atoms with Crippen molar-refractivity contribution in [3.63, 3.8) is 0 Å². The van der Waals surface area contributed by atoms with Gasteiger partial charge < -0.3 is 10.1 Å². The van der Waals surface area contributed by atoms with Crippen LogP contribution in [0.3, 0.4) is 0 Å². The fraction of sp³-hybridized carbons (Fsp3) is 0.237. The Kier molecular flexibility index (Phi) is 8.25. The summed E-state index contributed by atoms with van der Waals surface area (Å²) in [4.78, 5) is 57.2. The molecule has 3 aliphatic heterocycles. The van der Waals surface area contributed by atoms with E-state index >= 15 is 0 Å². The highest BCUT2D eigenvalue weighted by molar-refractivity contribution is 7.15. The molecule has 13 heteroatoms. The monoisotopic (exact) mass is 697 g/mol. The van der Waals surface area contributed by atoms with Gasteiger partial charge in [-0.25, -0.2) is 0 Å². The van der Waals surface area contributed by atoms with E-state index in [0.29, 0.717) is 24.4 Å². The first-order valence-corrected chi connectivity index (χ1v) is 17.4. The molecule has 3 aromatic heterocycles. The van der Waals surface area contributed by atoms with Crippen LogP contribution in [0.25, 0.3) is 5.00 Å². The van der Waals surface area contributed by atoms with Gasteiger partial charge in [0.2, 0.25) is 11.8 Å². The van der Waals surface area contributed by atoms with E-state index in [1.54, 1.807) is 35.7 Å². The minimum Gasteiger partial charge on any atom is -0.379 e. The average molecular weight is 698 g/mol. The van der Waals surface area contributed by atoms with Crippen LogP contribution in [0.15, 0.2) is 66.9 Å². The van der Waals surface area contributed by atoms with Crippen molar-refractivity contribution in [2.24, 2.45) is 0 Å². The predicted octanol–water partition coefficient (Wildman–Crippen LogP) is 4.63. The standard InChI is InChI=1S/C38H31N7O5S/c1-21-34-43-42-22(2)44(34)38-28(20-50-21)27(17-23-7-4-3-5-8-23)31(51-38)15-12-24-11-13-25(39-18-24)19-40-29-10-6-9-26-33(29)37(49)45(36(26)48)30-14-16-32(46)41-35(30)47/h3-11,13,18,21,30,40H,14,16-17,19-20H2,1-2H3,(H,41,46,47)/t21-,30?/m0/s1. The van der Waals surface area contributed by atoms with Crippen molar-refractivity contribution in [2.75, 3.05) is 5.32 Å². The third-order valence-electron chi connectivity index (χ3n) is 9.29. The first-order valence-electron chi connectivity index (χ1n) is 16.5. The number of imide groups is 2. The van der Waals surface area contributed by atoms with Crippen LogP contribution < -0.4 is 10.6 Å². The van der Waals surface area contributed by atoms with E-state index in [1.807, 2.05) is 44.2 Å². The van der Waals surface area contributed by atoms with Crippen LogP contribution in [0, 0.1) is 18.8 Å². The second-order valence-electron chi connectivity index (χ2n) is 12.6. The lowest BCUT2D eigenvalue weighted by molar-refractivity contribution is -0.136. The molecule has 2 N–H and O–H groups in total. The second kappa shape index (κ2) is 13.1. The van der Waals surface area contributed by atoms with E-state index in [-0.39, 0.29) is 36.6 Å². The van der Waals surface area contributed by atoms with Gasteiger partial charge in [0.05, 0.1) is 34.8 Å². The number of ether oxygens (including phenoxy) is 1. The minimum atomic E-state index is -1.03. The lowest BCUT2D eigenvalue weighted by Gasteiger charge is -2.27. The highest BCUT2D eigenvalue weighted by atomic mass is 32.1. The number of anilines is 1. The van der Waals surface area contributed by atoms with Gasteiger partial charge in [-0.15, -0.1) is 21.5 Å². The molecule has 0 saturated carbocycles. The van der Waals surface area contributed by atoms with Crippen molar-refractivity contribution in [3.05, 3.63) is 122 Å². The van der Waals surface area contributed by atoms with E-state index < -0.39 is 29.7 Å². The summed E-state index contributed by atoms with van der Waals surface area (Å²) in [6.45, 7) is 4.66. The number of amides is 4. The fourth-order valence-electron chi connectivity index (χ4n) is 6.66. The van der Waals surface area contributed by atoms with Gasteiger partial charge in [-0.3, -0.25) is 38.9 Å². The topological polar surface area (TPSA) is 148 Å². The van der Waals surface area contributed by atoms with Gasteiger partial charge >= 0.3 is 0 Å². The van der Waals surface area contributed by atoms with Gasteiger partial charge in [-0.2, -0.15) is 0 Å². The highest BCUT2D eigenvalue weighted by Gasteiger charge is 2.45. The smallest absolute Gasteiger partial charge is 0.264 e. The molecule has 1 unspecified atom stereocenters. The minimum absolute atomic E-state index is 0.0588. The largest absolute Gasteiger partial charge is 0.379 e. The van der Waals surface area contributed by atoms with Gasteiger partial charge in [0.1, 0.15) is 23.0 Å². The summed E-state index contributed by atoms with van der Waals surface area (Å²) in [5.74, 6) is 6.10. The summed E-state index contributed by atoms with van der Waals surface area (Å²) in [6, 6.07) is 18.0. The summed E-state index contributed by atoms with van der Waals surface area (Å²) in [7, 11) is 0. The molecule has 1 fully saturated rings. The van der Waals surface area contributed by atoms with Crippen LogP contribution >= 0.6 is 11.3 Å². The van der Waals surface area contributed by atoms with E-state index in [1.165, 1.54) is 5.56 Å². The zero-order chi connectivity index (χ0) is 35.2. The van der Waals surface area contributed by atoms with E-state index in [0.717, 1.165) is 43.1 Å². The van der Waals surface area contributed by atoms with Crippen molar-refractivity contribution in [1.29, 1.82) is 0 Å². The molecular formula is C38H31N7O5S. The van der Waals surface area contributed by atoms with E-state index in [4.69, 9.17) is 4.74 Å². The average Bonchev–Trinajstić information content (AvgIpc) is 3.73. The Balaban J connectivity index is 1.02. The summed E-state index contributed by atoms with van der Waals surface area (Å²) in [6.07, 6.45) is 2.38. The number of rotatable bonds is 6. The maximum atomic E-state index is 13.4. The number of pyridine rings is 1. The SMILES string of the molecule is Cc1nnc2n1-c1sc(C#Cc3ccc(CNc4cccc5c4C(=O)N(C4CCC(=O)NC4=O)C5=O)nc3)c(Cc3ccccc3)c1CO[C@H]2C. The molecule has 5 aromatic rings. The van der Waals surface area contributed by atoms with Crippen LogP contribution in [0.5, 0.6) is 0 Å². The van der Waals surface area contributed by atoms with Crippen LogP contribution in [0.1, 0.15) is 91.1 Å². The molecule has 2 atom stereocenters. The van der Waals surface area contributed by atoms with E-state index in [2.05, 4.69) is 54.4 Å². The Morgan fingerprint density at radius 2 is 1.84 bits per heavy atom. The Labute approximate surface area is 296 Å². The van der Waals surface area contributed by atoms with Crippen LogP contribution in [0.4, 0.5) is 5.69 Å². The molecule has 2 aromatic carbocycles. The Morgan fingerprint density at radius 1 is 1.00 bits per heavy atom. The number of carbonyl (C=O) groups is 4. The molecule has 12 nitrogen and oxygen atoms in total. The van der Waals surface area contributed by atoms with Gasteiger partial charge in [0.25, 0.3) is 11.8 Å². The molecule has 6 heterocycles. The molecule has 0 bridgehead atoms. The molecule has 0 spiro atoms.